The Balaban J connectivity index is 1.53. The number of pyridine rings is 1. The second-order valence-corrected chi connectivity index (χ2v) is 8.38. The molecule has 1 aromatic heterocycles. The third-order valence-electron chi connectivity index (χ3n) is 5.60. The van der Waals surface area contributed by atoms with Gasteiger partial charge in [0.25, 0.3) is 5.91 Å². The van der Waals surface area contributed by atoms with E-state index in [9.17, 15) is 9.59 Å². The molecule has 4 rings (SSSR count). The summed E-state index contributed by atoms with van der Waals surface area (Å²) in [4.78, 5) is 32.3. The van der Waals surface area contributed by atoms with Crippen molar-refractivity contribution < 1.29 is 9.59 Å². The molecule has 2 aromatic carbocycles. The third kappa shape index (κ3) is 4.78. The molecule has 0 aliphatic carbocycles. The Morgan fingerprint density at radius 1 is 1.06 bits per heavy atom. The van der Waals surface area contributed by atoms with Crippen molar-refractivity contribution in [3.63, 3.8) is 0 Å². The molecule has 1 fully saturated rings. The van der Waals surface area contributed by atoms with E-state index in [1.54, 1.807) is 29.4 Å². The van der Waals surface area contributed by atoms with Crippen molar-refractivity contribution in [2.75, 3.05) is 6.54 Å². The molecule has 1 aliphatic heterocycles. The van der Waals surface area contributed by atoms with Crippen molar-refractivity contribution in [3.8, 4) is 11.1 Å². The number of carbonyl (C=O) groups excluding carboxylic acids is 2. The van der Waals surface area contributed by atoms with Gasteiger partial charge in [0.05, 0.1) is 0 Å². The maximum Gasteiger partial charge on any atom is 0.255 e. The lowest BCUT2D eigenvalue weighted by atomic mass is 9.99. The molecule has 2 heterocycles. The number of hydrogen-bond donors (Lipinski definition) is 1. The smallest absolute Gasteiger partial charge is 0.255 e. The molecule has 0 spiro atoms. The van der Waals surface area contributed by atoms with Gasteiger partial charge >= 0.3 is 0 Å². The molecule has 158 valence electrons. The predicted molar refractivity (Wildman–Crippen MR) is 122 cm³/mol. The van der Waals surface area contributed by atoms with Gasteiger partial charge < -0.3 is 10.2 Å². The van der Waals surface area contributed by atoms with Crippen LogP contribution in [-0.4, -0.2) is 34.3 Å². The fraction of sp³-hybridized carbons (Fsp3) is 0.240. The topological polar surface area (TPSA) is 62.3 Å². The van der Waals surface area contributed by atoms with E-state index in [2.05, 4.69) is 17.2 Å². The molecule has 0 bridgehead atoms. The van der Waals surface area contributed by atoms with E-state index in [1.807, 2.05) is 48.5 Å². The Kier molecular flexibility index (Phi) is 6.33. The summed E-state index contributed by atoms with van der Waals surface area (Å²) in [5.74, 6) is 0.000710. The van der Waals surface area contributed by atoms with Crippen LogP contribution < -0.4 is 5.32 Å². The van der Waals surface area contributed by atoms with E-state index < -0.39 is 6.04 Å². The van der Waals surface area contributed by atoms with Gasteiger partial charge in [-0.15, -0.1) is 0 Å². The first-order valence-corrected chi connectivity index (χ1v) is 10.7. The highest BCUT2D eigenvalue weighted by Crippen LogP contribution is 2.29. The van der Waals surface area contributed by atoms with Gasteiger partial charge in [-0.05, 0) is 59.4 Å². The first kappa shape index (κ1) is 21.1. The van der Waals surface area contributed by atoms with Crippen LogP contribution in [0.5, 0.6) is 0 Å². The van der Waals surface area contributed by atoms with Crippen molar-refractivity contribution in [2.45, 2.75) is 25.9 Å². The number of carbonyl (C=O) groups is 2. The summed E-state index contributed by atoms with van der Waals surface area (Å²) in [6.45, 7) is 3.03. The van der Waals surface area contributed by atoms with Crippen LogP contribution >= 0.6 is 11.6 Å². The van der Waals surface area contributed by atoms with E-state index in [0.29, 0.717) is 30.1 Å². The lowest BCUT2D eigenvalue weighted by Crippen LogP contribution is -2.45. The Morgan fingerprint density at radius 3 is 2.52 bits per heavy atom. The molecular formula is C25H24ClN3O2. The molecule has 0 saturated carbocycles. The summed E-state index contributed by atoms with van der Waals surface area (Å²) in [5.41, 5.74) is 3.33. The number of aromatic nitrogens is 1. The van der Waals surface area contributed by atoms with Gasteiger partial charge in [-0.25, -0.2) is 0 Å². The average Bonchev–Trinajstić information content (AvgIpc) is 3.20. The van der Waals surface area contributed by atoms with Crippen molar-refractivity contribution in [2.24, 2.45) is 5.92 Å². The molecule has 1 saturated heterocycles. The first-order valence-electron chi connectivity index (χ1n) is 10.4. The third-order valence-corrected chi connectivity index (χ3v) is 5.85. The summed E-state index contributed by atoms with van der Waals surface area (Å²) in [5, 5.41) is 3.64. The first-order chi connectivity index (χ1) is 15.0. The number of nitrogens with one attached hydrogen (secondary N) is 1. The predicted octanol–water partition coefficient (Wildman–Crippen LogP) is 4.57. The molecule has 1 aliphatic rings. The zero-order valence-corrected chi connectivity index (χ0v) is 18.0. The van der Waals surface area contributed by atoms with Gasteiger partial charge in [0, 0.05) is 36.1 Å². The highest BCUT2D eigenvalue weighted by Gasteiger charge is 2.38. The summed E-state index contributed by atoms with van der Waals surface area (Å²) < 4.78 is 0. The van der Waals surface area contributed by atoms with Crippen LogP contribution in [0.15, 0.2) is 73.1 Å². The molecule has 2 amide bonds. The number of nitrogens with zero attached hydrogens (tertiary/aromatic N) is 2. The maximum absolute atomic E-state index is 13.5. The van der Waals surface area contributed by atoms with Gasteiger partial charge in [0.1, 0.15) is 6.04 Å². The zero-order chi connectivity index (χ0) is 21.8. The standard InChI is InChI=1S/C25H24ClN3O2/c1-17-14-23(24(30)28-15-18-6-8-20(26)9-7-18)29(16-17)25(31)22-5-3-2-4-21(22)19-10-12-27-13-11-19/h2-13,17,23H,14-16H2,1H3,(H,28,30)/t17-,23+/m1/s1. The Hall–Kier alpha value is -3.18. The number of halogens is 1. The van der Waals surface area contributed by atoms with Gasteiger partial charge in [0.15, 0.2) is 0 Å². The number of rotatable bonds is 5. The average molecular weight is 434 g/mol. The molecule has 31 heavy (non-hydrogen) atoms. The van der Waals surface area contributed by atoms with Crippen LogP contribution in [0.3, 0.4) is 0 Å². The quantitative estimate of drug-likeness (QED) is 0.641. The van der Waals surface area contributed by atoms with Crippen LogP contribution in [0.25, 0.3) is 11.1 Å². The molecule has 6 heteroatoms. The highest BCUT2D eigenvalue weighted by molar-refractivity contribution is 6.30. The Labute approximate surface area is 187 Å². The van der Waals surface area contributed by atoms with Crippen molar-refractivity contribution in [1.82, 2.24) is 15.2 Å². The fourth-order valence-corrected chi connectivity index (χ4v) is 4.16. The van der Waals surface area contributed by atoms with Crippen LogP contribution in [-0.2, 0) is 11.3 Å². The molecule has 0 radical (unpaired) electrons. The molecule has 1 N–H and O–H groups in total. The molecular weight excluding hydrogens is 410 g/mol. The molecule has 2 atom stereocenters. The minimum absolute atomic E-state index is 0.122. The maximum atomic E-state index is 13.5. The van der Waals surface area contributed by atoms with E-state index in [-0.39, 0.29) is 17.7 Å². The zero-order valence-electron chi connectivity index (χ0n) is 17.3. The van der Waals surface area contributed by atoms with E-state index in [0.717, 1.165) is 16.7 Å². The number of benzene rings is 2. The van der Waals surface area contributed by atoms with Gasteiger partial charge in [-0.2, -0.15) is 0 Å². The molecule has 0 unspecified atom stereocenters. The largest absolute Gasteiger partial charge is 0.350 e. The Morgan fingerprint density at radius 2 is 1.77 bits per heavy atom. The summed E-state index contributed by atoms with van der Waals surface area (Å²) >= 11 is 5.93. The summed E-state index contributed by atoms with van der Waals surface area (Å²) in [6.07, 6.45) is 4.07. The second-order valence-electron chi connectivity index (χ2n) is 7.94. The minimum atomic E-state index is -0.486. The highest BCUT2D eigenvalue weighted by atomic mass is 35.5. The second kappa shape index (κ2) is 9.31. The monoisotopic (exact) mass is 433 g/mol. The van der Waals surface area contributed by atoms with Gasteiger partial charge in [0.2, 0.25) is 5.91 Å². The lowest BCUT2D eigenvalue weighted by molar-refractivity contribution is -0.125. The van der Waals surface area contributed by atoms with Crippen molar-refractivity contribution in [3.05, 3.63) is 89.2 Å². The normalized spacial score (nSPS) is 18.1. The SMILES string of the molecule is C[C@@H]1C[C@@H](C(=O)NCc2ccc(Cl)cc2)N(C(=O)c2ccccc2-c2ccncc2)C1. The molecule has 5 nitrogen and oxygen atoms in total. The van der Waals surface area contributed by atoms with E-state index >= 15 is 0 Å². The van der Waals surface area contributed by atoms with Crippen molar-refractivity contribution >= 4 is 23.4 Å². The number of amides is 2. The van der Waals surface area contributed by atoms with Crippen LogP contribution in [0.4, 0.5) is 0 Å². The van der Waals surface area contributed by atoms with Crippen molar-refractivity contribution in [1.29, 1.82) is 0 Å². The number of hydrogen-bond acceptors (Lipinski definition) is 3. The number of likely N-dealkylation sites (tertiary alicyclic amines) is 1. The lowest BCUT2D eigenvalue weighted by Gasteiger charge is -2.25. The van der Waals surface area contributed by atoms with E-state index in [4.69, 9.17) is 11.6 Å². The van der Waals surface area contributed by atoms with Crippen LogP contribution in [0.1, 0.15) is 29.3 Å². The molecule has 3 aromatic rings. The Bertz CT molecular complexity index is 1070. The fourth-order valence-electron chi connectivity index (χ4n) is 4.04. The summed E-state index contributed by atoms with van der Waals surface area (Å²) in [6, 6.07) is 18.2. The summed E-state index contributed by atoms with van der Waals surface area (Å²) in [7, 11) is 0. The van der Waals surface area contributed by atoms with E-state index in [1.165, 1.54) is 0 Å². The van der Waals surface area contributed by atoms with Crippen LogP contribution in [0, 0.1) is 5.92 Å². The van der Waals surface area contributed by atoms with Crippen LogP contribution in [0.2, 0.25) is 5.02 Å². The van der Waals surface area contributed by atoms with Gasteiger partial charge in [-0.3, -0.25) is 14.6 Å². The van der Waals surface area contributed by atoms with Gasteiger partial charge in [-0.1, -0.05) is 48.9 Å². The minimum Gasteiger partial charge on any atom is -0.350 e.